The van der Waals surface area contributed by atoms with Gasteiger partial charge in [-0.2, -0.15) is 0 Å². The van der Waals surface area contributed by atoms with Crippen LogP contribution in [-0.4, -0.2) is 60.4 Å². The molecule has 1 aliphatic carbocycles. The molecule has 18 heavy (non-hydrogen) atoms. The van der Waals surface area contributed by atoms with E-state index in [1.165, 1.54) is 9.80 Å². The van der Waals surface area contributed by atoms with Crippen molar-refractivity contribution in [2.75, 3.05) is 27.7 Å². The molecule has 2 amide bonds. The molecule has 1 rings (SSSR count). The summed E-state index contributed by atoms with van der Waals surface area (Å²) in [7, 11) is 4.79. The van der Waals surface area contributed by atoms with Crippen LogP contribution in [0.4, 0.5) is 0 Å². The smallest absolute Gasteiger partial charge is 0.307 e. The molecule has 6 heteroatoms. The molecule has 0 saturated heterocycles. The number of likely N-dealkylation sites (N-methyl/N-ethyl adjacent to an activating group) is 2. The monoisotopic (exact) mass is 256 g/mol. The molecule has 0 aromatic carbocycles. The van der Waals surface area contributed by atoms with Gasteiger partial charge in [-0.1, -0.05) is 6.42 Å². The van der Waals surface area contributed by atoms with Crippen molar-refractivity contribution in [2.24, 2.45) is 11.8 Å². The van der Waals surface area contributed by atoms with Crippen molar-refractivity contribution in [1.82, 2.24) is 9.80 Å². The first-order valence-electron chi connectivity index (χ1n) is 6.02. The molecule has 0 aromatic rings. The molecule has 0 heterocycles. The lowest BCUT2D eigenvalue weighted by atomic mass is 9.95. The maximum atomic E-state index is 12.1. The van der Waals surface area contributed by atoms with Gasteiger partial charge in [0, 0.05) is 21.1 Å². The van der Waals surface area contributed by atoms with Crippen LogP contribution in [0.25, 0.3) is 0 Å². The van der Waals surface area contributed by atoms with E-state index in [0.29, 0.717) is 12.8 Å². The third-order valence-corrected chi connectivity index (χ3v) is 3.40. The Morgan fingerprint density at radius 2 is 1.67 bits per heavy atom. The summed E-state index contributed by atoms with van der Waals surface area (Å²) in [6.07, 6.45) is 1.89. The number of rotatable bonds is 4. The highest BCUT2D eigenvalue weighted by molar-refractivity contribution is 5.88. The van der Waals surface area contributed by atoms with E-state index in [1.807, 2.05) is 0 Å². The van der Waals surface area contributed by atoms with E-state index < -0.39 is 17.8 Å². The standard InChI is InChI=1S/C12H20N2O4/c1-13(2)10(15)7-14(3)11(16)8-5-4-6-9(8)12(17)18/h8-9H,4-7H2,1-3H3,(H,17,18). The molecule has 6 nitrogen and oxygen atoms in total. The van der Waals surface area contributed by atoms with Crippen LogP contribution in [0.1, 0.15) is 19.3 Å². The van der Waals surface area contributed by atoms with Gasteiger partial charge in [0.25, 0.3) is 0 Å². The van der Waals surface area contributed by atoms with Gasteiger partial charge >= 0.3 is 5.97 Å². The van der Waals surface area contributed by atoms with Gasteiger partial charge in [-0.3, -0.25) is 14.4 Å². The number of nitrogens with zero attached hydrogens (tertiary/aromatic N) is 2. The Balaban J connectivity index is 2.63. The van der Waals surface area contributed by atoms with Gasteiger partial charge in [0.15, 0.2) is 0 Å². The van der Waals surface area contributed by atoms with Crippen LogP contribution in [0.3, 0.4) is 0 Å². The highest BCUT2D eigenvalue weighted by Gasteiger charge is 2.39. The summed E-state index contributed by atoms with van der Waals surface area (Å²) >= 11 is 0. The van der Waals surface area contributed by atoms with Crippen LogP contribution in [0, 0.1) is 11.8 Å². The predicted octanol–water partition coefficient (Wildman–Crippen LogP) is 0.0339. The number of carboxylic acids is 1. The molecular formula is C12H20N2O4. The predicted molar refractivity (Wildman–Crippen MR) is 64.8 cm³/mol. The van der Waals surface area contributed by atoms with E-state index in [0.717, 1.165) is 6.42 Å². The second kappa shape index (κ2) is 5.84. The van der Waals surface area contributed by atoms with Crippen molar-refractivity contribution < 1.29 is 19.5 Å². The van der Waals surface area contributed by atoms with Crippen LogP contribution in [-0.2, 0) is 14.4 Å². The third-order valence-electron chi connectivity index (χ3n) is 3.40. The van der Waals surface area contributed by atoms with Crippen molar-refractivity contribution in [3.8, 4) is 0 Å². The fourth-order valence-electron chi connectivity index (χ4n) is 2.26. The van der Waals surface area contributed by atoms with Crippen molar-refractivity contribution >= 4 is 17.8 Å². The fourth-order valence-corrected chi connectivity index (χ4v) is 2.26. The summed E-state index contributed by atoms with van der Waals surface area (Å²) in [5.74, 6) is -2.42. The maximum Gasteiger partial charge on any atom is 0.307 e. The molecule has 1 fully saturated rings. The summed E-state index contributed by atoms with van der Waals surface area (Å²) in [4.78, 5) is 37.4. The number of carbonyl (C=O) groups is 3. The van der Waals surface area contributed by atoms with Gasteiger partial charge in [-0.15, -0.1) is 0 Å². The number of aliphatic carboxylic acids is 1. The Labute approximate surface area is 107 Å². The largest absolute Gasteiger partial charge is 0.481 e. The molecule has 0 radical (unpaired) electrons. The molecule has 1 N–H and O–H groups in total. The van der Waals surface area contributed by atoms with E-state index in [-0.39, 0.29) is 18.4 Å². The topological polar surface area (TPSA) is 77.9 Å². The molecule has 0 aromatic heterocycles. The molecule has 102 valence electrons. The van der Waals surface area contributed by atoms with Gasteiger partial charge in [0.05, 0.1) is 18.4 Å². The molecule has 0 spiro atoms. The Hall–Kier alpha value is -1.59. The van der Waals surface area contributed by atoms with E-state index in [2.05, 4.69) is 0 Å². The summed E-state index contributed by atoms with van der Waals surface area (Å²) in [6.45, 7) is -0.00529. The zero-order valence-corrected chi connectivity index (χ0v) is 11.0. The lowest BCUT2D eigenvalue weighted by molar-refractivity contribution is -0.149. The zero-order valence-electron chi connectivity index (χ0n) is 11.0. The van der Waals surface area contributed by atoms with Crippen molar-refractivity contribution in [1.29, 1.82) is 0 Å². The molecule has 1 saturated carbocycles. The Morgan fingerprint density at radius 1 is 1.11 bits per heavy atom. The highest BCUT2D eigenvalue weighted by atomic mass is 16.4. The first kappa shape index (κ1) is 14.5. The maximum absolute atomic E-state index is 12.1. The van der Waals surface area contributed by atoms with Gasteiger partial charge in [0.1, 0.15) is 0 Å². The fraction of sp³-hybridized carbons (Fsp3) is 0.750. The minimum absolute atomic E-state index is 0.00529. The van der Waals surface area contributed by atoms with Gasteiger partial charge in [0.2, 0.25) is 11.8 Å². The minimum Gasteiger partial charge on any atom is -0.481 e. The normalized spacial score (nSPS) is 22.6. The average Bonchev–Trinajstić information content (AvgIpc) is 2.76. The second-order valence-corrected chi connectivity index (χ2v) is 4.96. The first-order valence-corrected chi connectivity index (χ1v) is 6.02. The Kier molecular flexibility index (Phi) is 4.69. The highest BCUT2D eigenvalue weighted by Crippen LogP contribution is 2.33. The van der Waals surface area contributed by atoms with Gasteiger partial charge in [-0.25, -0.2) is 0 Å². The lowest BCUT2D eigenvalue weighted by Crippen LogP contribution is -2.42. The Bertz CT molecular complexity index is 354. The average molecular weight is 256 g/mol. The number of carbonyl (C=O) groups excluding carboxylic acids is 2. The summed E-state index contributed by atoms with van der Waals surface area (Å²) in [6, 6.07) is 0. The van der Waals surface area contributed by atoms with Crippen LogP contribution < -0.4 is 0 Å². The van der Waals surface area contributed by atoms with Gasteiger partial charge < -0.3 is 14.9 Å². The zero-order chi connectivity index (χ0) is 13.9. The van der Waals surface area contributed by atoms with Crippen LogP contribution in [0.5, 0.6) is 0 Å². The van der Waals surface area contributed by atoms with E-state index in [4.69, 9.17) is 5.11 Å². The molecule has 2 unspecified atom stereocenters. The van der Waals surface area contributed by atoms with E-state index in [1.54, 1.807) is 21.1 Å². The summed E-state index contributed by atoms with van der Waals surface area (Å²) in [5, 5.41) is 9.04. The van der Waals surface area contributed by atoms with E-state index in [9.17, 15) is 14.4 Å². The summed E-state index contributed by atoms with van der Waals surface area (Å²) in [5.41, 5.74) is 0. The lowest BCUT2D eigenvalue weighted by Gasteiger charge is -2.24. The third kappa shape index (κ3) is 3.21. The van der Waals surface area contributed by atoms with Crippen molar-refractivity contribution in [3.63, 3.8) is 0 Å². The van der Waals surface area contributed by atoms with Crippen molar-refractivity contribution in [2.45, 2.75) is 19.3 Å². The molecule has 0 bridgehead atoms. The summed E-state index contributed by atoms with van der Waals surface area (Å²) < 4.78 is 0. The van der Waals surface area contributed by atoms with Gasteiger partial charge in [-0.05, 0) is 12.8 Å². The second-order valence-electron chi connectivity index (χ2n) is 4.96. The number of carboxylic acid groups (broad SMARTS) is 1. The number of amides is 2. The molecular weight excluding hydrogens is 236 g/mol. The van der Waals surface area contributed by atoms with Crippen LogP contribution in [0.2, 0.25) is 0 Å². The molecule has 1 aliphatic rings. The van der Waals surface area contributed by atoms with Crippen LogP contribution in [0.15, 0.2) is 0 Å². The first-order chi connectivity index (χ1) is 8.34. The number of hydrogen-bond donors (Lipinski definition) is 1. The minimum atomic E-state index is -0.918. The number of hydrogen-bond acceptors (Lipinski definition) is 3. The quantitative estimate of drug-likeness (QED) is 0.770. The molecule has 2 atom stereocenters. The molecule has 0 aliphatic heterocycles. The Morgan fingerprint density at radius 3 is 2.17 bits per heavy atom. The van der Waals surface area contributed by atoms with Crippen molar-refractivity contribution in [3.05, 3.63) is 0 Å². The SMILES string of the molecule is CN(C)C(=O)CN(C)C(=O)C1CCCC1C(=O)O. The van der Waals surface area contributed by atoms with E-state index >= 15 is 0 Å². The van der Waals surface area contributed by atoms with Crippen LogP contribution >= 0.6 is 0 Å².